The van der Waals surface area contributed by atoms with Crippen molar-refractivity contribution in [1.29, 1.82) is 0 Å². The molecule has 0 amide bonds. The zero-order valence-corrected chi connectivity index (χ0v) is 9.63. The van der Waals surface area contributed by atoms with E-state index in [1.54, 1.807) is 0 Å². The molecule has 1 aliphatic heterocycles. The van der Waals surface area contributed by atoms with Gasteiger partial charge in [-0.05, 0) is 30.5 Å². The summed E-state index contributed by atoms with van der Waals surface area (Å²) in [4.78, 5) is 0. The Hall–Kier alpha value is -0.380. The zero-order chi connectivity index (χ0) is 9.97. The maximum atomic E-state index is 5.63. The van der Waals surface area contributed by atoms with Gasteiger partial charge in [-0.1, -0.05) is 28.1 Å². The SMILES string of the molecule is NCC1CCC(c2ccc(Br)cc2)N1. The number of nitrogens with two attached hydrogens (primary N) is 1. The fraction of sp³-hybridized carbons (Fsp3) is 0.455. The summed E-state index contributed by atoms with van der Waals surface area (Å²) in [7, 11) is 0. The van der Waals surface area contributed by atoms with Gasteiger partial charge in [0.25, 0.3) is 0 Å². The highest BCUT2D eigenvalue weighted by Gasteiger charge is 2.23. The van der Waals surface area contributed by atoms with E-state index in [9.17, 15) is 0 Å². The smallest absolute Gasteiger partial charge is 0.0323 e. The highest BCUT2D eigenvalue weighted by Crippen LogP contribution is 2.26. The molecule has 1 fully saturated rings. The first-order valence-corrected chi connectivity index (χ1v) is 5.80. The van der Waals surface area contributed by atoms with E-state index >= 15 is 0 Å². The normalized spacial score (nSPS) is 26.7. The van der Waals surface area contributed by atoms with Gasteiger partial charge >= 0.3 is 0 Å². The van der Waals surface area contributed by atoms with Crippen molar-refractivity contribution in [1.82, 2.24) is 5.32 Å². The average Bonchev–Trinajstić information content (AvgIpc) is 2.67. The summed E-state index contributed by atoms with van der Waals surface area (Å²) in [6.45, 7) is 0.743. The zero-order valence-electron chi connectivity index (χ0n) is 8.04. The molecule has 2 atom stereocenters. The van der Waals surface area contributed by atoms with Crippen LogP contribution in [0, 0.1) is 0 Å². The van der Waals surface area contributed by atoms with Gasteiger partial charge in [-0.15, -0.1) is 0 Å². The van der Waals surface area contributed by atoms with Crippen LogP contribution < -0.4 is 11.1 Å². The molecule has 2 nitrogen and oxygen atoms in total. The van der Waals surface area contributed by atoms with E-state index in [4.69, 9.17) is 5.73 Å². The molecule has 3 N–H and O–H groups in total. The van der Waals surface area contributed by atoms with Crippen LogP contribution in [0.2, 0.25) is 0 Å². The molecule has 0 aliphatic carbocycles. The first kappa shape index (κ1) is 10.1. The van der Waals surface area contributed by atoms with E-state index < -0.39 is 0 Å². The van der Waals surface area contributed by atoms with Crippen molar-refractivity contribution in [3.05, 3.63) is 34.3 Å². The Morgan fingerprint density at radius 3 is 2.57 bits per heavy atom. The van der Waals surface area contributed by atoms with E-state index in [-0.39, 0.29) is 0 Å². The molecule has 0 radical (unpaired) electrons. The highest BCUT2D eigenvalue weighted by atomic mass is 79.9. The van der Waals surface area contributed by atoms with Gasteiger partial charge in [-0.3, -0.25) is 0 Å². The van der Waals surface area contributed by atoms with Gasteiger partial charge in [0.05, 0.1) is 0 Å². The summed E-state index contributed by atoms with van der Waals surface area (Å²) < 4.78 is 1.13. The Morgan fingerprint density at radius 2 is 2.00 bits per heavy atom. The highest BCUT2D eigenvalue weighted by molar-refractivity contribution is 9.10. The second kappa shape index (κ2) is 4.43. The molecule has 0 aromatic heterocycles. The third-order valence-electron chi connectivity index (χ3n) is 2.80. The number of hydrogen-bond acceptors (Lipinski definition) is 2. The summed E-state index contributed by atoms with van der Waals surface area (Å²) in [5.74, 6) is 0. The molecule has 2 rings (SSSR count). The van der Waals surface area contributed by atoms with Gasteiger partial charge in [0.1, 0.15) is 0 Å². The van der Waals surface area contributed by atoms with Crippen LogP contribution in [-0.4, -0.2) is 12.6 Å². The van der Waals surface area contributed by atoms with Crippen molar-refractivity contribution in [2.75, 3.05) is 6.54 Å². The quantitative estimate of drug-likeness (QED) is 0.850. The van der Waals surface area contributed by atoms with Gasteiger partial charge in [0.2, 0.25) is 0 Å². The molecule has 14 heavy (non-hydrogen) atoms. The van der Waals surface area contributed by atoms with Gasteiger partial charge in [-0.25, -0.2) is 0 Å². The standard InChI is InChI=1S/C11H15BrN2/c12-9-3-1-8(2-4-9)11-6-5-10(7-13)14-11/h1-4,10-11,14H,5-7,13H2. The van der Waals surface area contributed by atoms with Crippen LogP contribution in [0.15, 0.2) is 28.7 Å². The molecule has 1 aromatic rings. The molecule has 3 heteroatoms. The number of hydrogen-bond donors (Lipinski definition) is 2. The van der Waals surface area contributed by atoms with Gasteiger partial charge < -0.3 is 11.1 Å². The lowest BCUT2D eigenvalue weighted by Crippen LogP contribution is -2.31. The van der Waals surface area contributed by atoms with E-state index in [0.29, 0.717) is 12.1 Å². The second-order valence-corrected chi connectivity index (χ2v) is 4.70. The molecular formula is C11H15BrN2. The van der Waals surface area contributed by atoms with E-state index in [1.165, 1.54) is 18.4 Å². The van der Waals surface area contributed by atoms with Crippen LogP contribution in [0.5, 0.6) is 0 Å². The first-order valence-electron chi connectivity index (χ1n) is 5.01. The van der Waals surface area contributed by atoms with Crippen molar-refractivity contribution in [3.63, 3.8) is 0 Å². The fourth-order valence-corrected chi connectivity index (χ4v) is 2.23. The first-order chi connectivity index (χ1) is 6.79. The summed E-state index contributed by atoms with van der Waals surface area (Å²) in [6.07, 6.45) is 2.39. The Bertz CT molecular complexity index is 297. The number of nitrogens with one attached hydrogen (secondary N) is 1. The molecule has 0 saturated carbocycles. The van der Waals surface area contributed by atoms with Crippen molar-refractivity contribution in [3.8, 4) is 0 Å². The van der Waals surface area contributed by atoms with Crippen molar-refractivity contribution >= 4 is 15.9 Å². The van der Waals surface area contributed by atoms with Crippen LogP contribution >= 0.6 is 15.9 Å². The predicted molar refractivity (Wildman–Crippen MR) is 62.1 cm³/mol. The summed E-state index contributed by atoms with van der Waals surface area (Å²) >= 11 is 3.44. The van der Waals surface area contributed by atoms with E-state index in [0.717, 1.165) is 11.0 Å². The predicted octanol–water partition coefficient (Wildman–Crippen LogP) is 2.20. The topological polar surface area (TPSA) is 38.0 Å². The third kappa shape index (κ3) is 2.16. The maximum absolute atomic E-state index is 5.63. The lowest BCUT2D eigenvalue weighted by atomic mass is 10.1. The minimum atomic E-state index is 0.497. The average molecular weight is 255 g/mol. The van der Waals surface area contributed by atoms with Crippen LogP contribution in [0.1, 0.15) is 24.4 Å². The molecule has 2 unspecified atom stereocenters. The fourth-order valence-electron chi connectivity index (χ4n) is 1.96. The Morgan fingerprint density at radius 1 is 1.29 bits per heavy atom. The second-order valence-electron chi connectivity index (χ2n) is 3.78. The summed E-state index contributed by atoms with van der Waals surface area (Å²) in [6, 6.07) is 9.52. The monoisotopic (exact) mass is 254 g/mol. The molecule has 1 aliphatic rings. The Labute approximate surface area is 93.0 Å². The molecule has 76 valence electrons. The van der Waals surface area contributed by atoms with Crippen LogP contribution in [0.25, 0.3) is 0 Å². The maximum Gasteiger partial charge on any atom is 0.0323 e. The summed E-state index contributed by atoms with van der Waals surface area (Å²) in [5, 5.41) is 3.54. The van der Waals surface area contributed by atoms with E-state index in [2.05, 4.69) is 45.5 Å². The Balaban J connectivity index is 2.06. The van der Waals surface area contributed by atoms with Crippen LogP contribution in [0.4, 0.5) is 0 Å². The van der Waals surface area contributed by atoms with Crippen molar-refractivity contribution < 1.29 is 0 Å². The molecule has 1 heterocycles. The molecule has 0 spiro atoms. The number of benzene rings is 1. The van der Waals surface area contributed by atoms with Crippen LogP contribution in [0.3, 0.4) is 0 Å². The molecule has 1 aromatic carbocycles. The molecule has 1 saturated heterocycles. The molecular weight excluding hydrogens is 240 g/mol. The minimum absolute atomic E-state index is 0.497. The lowest BCUT2D eigenvalue weighted by molar-refractivity contribution is 0.559. The van der Waals surface area contributed by atoms with Crippen LogP contribution in [-0.2, 0) is 0 Å². The van der Waals surface area contributed by atoms with Gasteiger partial charge in [0, 0.05) is 23.1 Å². The number of rotatable bonds is 2. The summed E-state index contributed by atoms with van der Waals surface area (Å²) in [5.41, 5.74) is 6.99. The van der Waals surface area contributed by atoms with E-state index in [1.807, 2.05) is 0 Å². The minimum Gasteiger partial charge on any atom is -0.329 e. The lowest BCUT2D eigenvalue weighted by Gasteiger charge is -2.13. The largest absolute Gasteiger partial charge is 0.329 e. The van der Waals surface area contributed by atoms with Crippen molar-refractivity contribution in [2.24, 2.45) is 5.73 Å². The third-order valence-corrected chi connectivity index (χ3v) is 3.33. The number of halogens is 1. The van der Waals surface area contributed by atoms with Crippen molar-refractivity contribution in [2.45, 2.75) is 24.9 Å². The Kier molecular flexibility index (Phi) is 3.21. The molecule has 0 bridgehead atoms. The van der Waals surface area contributed by atoms with Gasteiger partial charge in [0.15, 0.2) is 0 Å². The van der Waals surface area contributed by atoms with Gasteiger partial charge in [-0.2, -0.15) is 0 Å².